The van der Waals surface area contributed by atoms with E-state index in [1.165, 1.54) is 36.0 Å². The van der Waals surface area contributed by atoms with Gasteiger partial charge in [-0.3, -0.25) is 14.8 Å². The summed E-state index contributed by atoms with van der Waals surface area (Å²) in [7, 11) is -3.83. The van der Waals surface area contributed by atoms with Crippen LogP contribution in [0.15, 0.2) is 88.7 Å². The summed E-state index contributed by atoms with van der Waals surface area (Å²) in [4.78, 5) is 25.3. The maximum absolute atomic E-state index is 12.9. The summed E-state index contributed by atoms with van der Waals surface area (Å²) < 4.78 is 25.8. The number of carbonyl (C=O) groups excluding carboxylic acids is 2. The third-order valence-corrected chi connectivity index (χ3v) is 7.93. The number of sulfone groups is 1. The minimum Gasteiger partial charge on any atom is -0.322 e. The van der Waals surface area contributed by atoms with Gasteiger partial charge < -0.3 is 5.32 Å². The Labute approximate surface area is 201 Å². The van der Waals surface area contributed by atoms with Gasteiger partial charge in [-0.1, -0.05) is 29.8 Å². The van der Waals surface area contributed by atoms with Crippen LogP contribution in [0.3, 0.4) is 0 Å². The highest BCUT2D eigenvalue weighted by atomic mass is 35.5. The van der Waals surface area contributed by atoms with Gasteiger partial charge >= 0.3 is 0 Å². The third-order valence-electron chi connectivity index (χ3n) is 4.67. The lowest BCUT2D eigenvalue weighted by Gasteiger charge is -2.15. The van der Waals surface area contributed by atoms with E-state index >= 15 is 0 Å². The molecule has 0 radical (unpaired) electrons. The van der Waals surface area contributed by atoms with E-state index in [0.29, 0.717) is 16.3 Å². The third kappa shape index (κ3) is 7.06. The van der Waals surface area contributed by atoms with Crippen LogP contribution < -0.4 is 10.8 Å². The van der Waals surface area contributed by atoms with Crippen molar-refractivity contribution in [2.75, 3.05) is 16.8 Å². The molecule has 0 saturated heterocycles. The topological polar surface area (TPSA) is 113 Å². The molecule has 7 nitrogen and oxygen atoms in total. The number of benzene rings is 3. The van der Waals surface area contributed by atoms with E-state index in [0.717, 1.165) is 4.90 Å². The molecule has 0 fully saturated rings. The first-order chi connectivity index (χ1) is 15.8. The van der Waals surface area contributed by atoms with Crippen LogP contribution >= 0.6 is 23.4 Å². The van der Waals surface area contributed by atoms with Crippen molar-refractivity contribution in [3.05, 3.63) is 89.4 Å². The Kier molecular flexibility index (Phi) is 8.51. The Morgan fingerprint density at radius 2 is 1.58 bits per heavy atom. The first-order valence-electron chi connectivity index (χ1n) is 9.80. The zero-order chi connectivity index (χ0) is 23.8. The molecule has 0 saturated carbocycles. The standard InChI is InChI=1S/C23H21ClN2O5S2/c24-18-8-6-16(7-9-18)22(27)25-19-10-12-21(13-11-19)33(30,31)15-17(23(28)26-29)14-32-20-4-2-1-3-5-20/h1-13,17,29H,14-15H2,(H,25,27)(H,26,28). The molecule has 3 aromatic carbocycles. The van der Waals surface area contributed by atoms with Gasteiger partial charge in [0.05, 0.1) is 16.6 Å². The molecule has 0 aliphatic rings. The number of hydroxylamine groups is 1. The van der Waals surface area contributed by atoms with Crippen molar-refractivity contribution >= 4 is 50.7 Å². The van der Waals surface area contributed by atoms with Crippen LogP contribution in [0.4, 0.5) is 5.69 Å². The van der Waals surface area contributed by atoms with Crippen LogP contribution in [0.5, 0.6) is 0 Å². The molecular formula is C23H21ClN2O5S2. The fourth-order valence-corrected chi connectivity index (χ4v) is 5.75. The van der Waals surface area contributed by atoms with Gasteiger partial charge in [-0.2, -0.15) is 0 Å². The van der Waals surface area contributed by atoms with E-state index < -0.39 is 27.4 Å². The first-order valence-corrected chi connectivity index (χ1v) is 12.8. The molecule has 0 heterocycles. The van der Waals surface area contributed by atoms with Crippen molar-refractivity contribution in [1.82, 2.24) is 5.48 Å². The lowest BCUT2D eigenvalue weighted by molar-refractivity contribution is -0.132. The largest absolute Gasteiger partial charge is 0.322 e. The van der Waals surface area contributed by atoms with Crippen LogP contribution in [0.25, 0.3) is 0 Å². The lowest BCUT2D eigenvalue weighted by atomic mass is 10.2. The predicted molar refractivity (Wildman–Crippen MR) is 128 cm³/mol. The summed E-state index contributed by atoms with van der Waals surface area (Å²) in [5, 5.41) is 12.2. The number of thioether (sulfide) groups is 1. The predicted octanol–water partition coefficient (Wildman–Crippen LogP) is 4.28. The van der Waals surface area contributed by atoms with Gasteiger partial charge in [0.15, 0.2) is 9.84 Å². The Morgan fingerprint density at radius 3 is 2.18 bits per heavy atom. The molecule has 0 aliphatic carbocycles. The Balaban J connectivity index is 1.67. The monoisotopic (exact) mass is 504 g/mol. The average Bonchev–Trinajstić information content (AvgIpc) is 2.82. The van der Waals surface area contributed by atoms with E-state index in [1.54, 1.807) is 29.7 Å². The van der Waals surface area contributed by atoms with Crippen molar-refractivity contribution in [3.63, 3.8) is 0 Å². The van der Waals surface area contributed by atoms with E-state index in [-0.39, 0.29) is 16.6 Å². The van der Waals surface area contributed by atoms with E-state index in [9.17, 15) is 18.0 Å². The smallest absolute Gasteiger partial charge is 0.255 e. The number of nitrogens with one attached hydrogen (secondary N) is 2. The fraction of sp³-hybridized carbons (Fsp3) is 0.130. The van der Waals surface area contributed by atoms with Gasteiger partial charge in [-0.05, 0) is 60.7 Å². The number of hydrogen-bond donors (Lipinski definition) is 3. The van der Waals surface area contributed by atoms with Gasteiger partial charge in [0, 0.05) is 26.9 Å². The van der Waals surface area contributed by atoms with Crippen LogP contribution in [0.2, 0.25) is 5.02 Å². The van der Waals surface area contributed by atoms with Crippen molar-refractivity contribution in [3.8, 4) is 0 Å². The van der Waals surface area contributed by atoms with Crippen LogP contribution in [-0.4, -0.2) is 36.9 Å². The number of anilines is 1. The minimum atomic E-state index is -3.83. The summed E-state index contributed by atoms with van der Waals surface area (Å²) in [5.74, 6) is -2.40. The SMILES string of the molecule is O=C(Nc1ccc(S(=O)(=O)CC(CSc2ccccc2)C(=O)NO)cc1)c1ccc(Cl)cc1. The first kappa shape index (κ1) is 24.8. The van der Waals surface area contributed by atoms with Crippen LogP contribution in [0.1, 0.15) is 10.4 Å². The number of carbonyl (C=O) groups is 2. The van der Waals surface area contributed by atoms with E-state index in [4.69, 9.17) is 16.8 Å². The molecule has 33 heavy (non-hydrogen) atoms. The maximum Gasteiger partial charge on any atom is 0.255 e. The molecule has 172 valence electrons. The number of amides is 2. The van der Waals surface area contributed by atoms with E-state index in [1.807, 2.05) is 30.3 Å². The molecule has 2 amide bonds. The van der Waals surface area contributed by atoms with Crippen LogP contribution in [0, 0.1) is 5.92 Å². The molecule has 3 rings (SSSR count). The second-order valence-corrected chi connectivity index (χ2v) is 10.6. The summed E-state index contributed by atoms with van der Waals surface area (Å²) in [6.07, 6.45) is 0. The quantitative estimate of drug-likeness (QED) is 0.228. The highest BCUT2D eigenvalue weighted by molar-refractivity contribution is 7.99. The lowest BCUT2D eigenvalue weighted by Crippen LogP contribution is -2.34. The molecule has 1 atom stereocenters. The van der Waals surface area contributed by atoms with Gasteiger partial charge in [-0.15, -0.1) is 11.8 Å². The number of rotatable bonds is 9. The summed E-state index contributed by atoms with van der Waals surface area (Å²) in [6.45, 7) is 0. The normalized spacial score (nSPS) is 12.1. The molecule has 10 heteroatoms. The minimum absolute atomic E-state index is 0.00689. The molecule has 0 aliphatic heterocycles. The van der Waals surface area contributed by atoms with Gasteiger partial charge in [0.25, 0.3) is 5.91 Å². The second-order valence-electron chi connectivity index (χ2n) is 7.06. The van der Waals surface area contributed by atoms with Crippen molar-refractivity contribution in [2.45, 2.75) is 9.79 Å². The molecule has 0 bridgehead atoms. The molecule has 1 unspecified atom stereocenters. The van der Waals surface area contributed by atoms with E-state index in [2.05, 4.69) is 5.32 Å². The highest BCUT2D eigenvalue weighted by Crippen LogP contribution is 2.24. The second kappa shape index (κ2) is 11.3. The average molecular weight is 505 g/mol. The summed E-state index contributed by atoms with van der Waals surface area (Å²) in [5.41, 5.74) is 2.37. The van der Waals surface area contributed by atoms with Gasteiger partial charge in [0.1, 0.15) is 0 Å². The summed E-state index contributed by atoms with van der Waals surface area (Å²) >= 11 is 7.15. The number of halogens is 1. The van der Waals surface area contributed by atoms with Gasteiger partial charge in [-0.25, -0.2) is 13.9 Å². The van der Waals surface area contributed by atoms with Crippen molar-refractivity contribution in [2.24, 2.45) is 5.92 Å². The molecular weight excluding hydrogens is 484 g/mol. The highest BCUT2D eigenvalue weighted by Gasteiger charge is 2.27. The Hall–Kier alpha value is -2.85. The Morgan fingerprint density at radius 1 is 0.939 bits per heavy atom. The van der Waals surface area contributed by atoms with Gasteiger partial charge in [0.2, 0.25) is 5.91 Å². The molecule has 3 N–H and O–H groups in total. The van der Waals surface area contributed by atoms with Crippen molar-refractivity contribution < 1.29 is 23.2 Å². The molecule has 0 spiro atoms. The zero-order valence-corrected chi connectivity index (χ0v) is 19.7. The maximum atomic E-state index is 12.9. The van der Waals surface area contributed by atoms with Crippen LogP contribution in [-0.2, 0) is 14.6 Å². The zero-order valence-electron chi connectivity index (χ0n) is 17.3. The summed E-state index contributed by atoms with van der Waals surface area (Å²) in [6, 6.07) is 21.3. The number of hydrogen-bond acceptors (Lipinski definition) is 6. The van der Waals surface area contributed by atoms with Crippen molar-refractivity contribution in [1.29, 1.82) is 0 Å². The fourth-order valence-electron chi connectivity index (χ4n) is 2.92. The Bertz CT molecular complexity index is 1200. The molecule has 3 aromatic rings. The molecule has 0 aromatic heterocycles.